The third kappa shape index (κ3) is 5.38. The van der Waals surface area contributed by atoms with Crippen molar-refractivity contribution in [2.24, 2.45) is 10.8 Å². The molecule has 35 heavy (non-hydrogen) atoms. The highest BCUT2D eigenvalue weighted by atomic mass is 32.2. The third-order valence-corrected chi connectivity index (χ3v) is 8.47. The summed E-state index contributed by atoms with van der Waals surface area (Å²) in [4.78, 5) is 24.5. The lowest BCUT2D eigenvalue weighted by atomic mass is 9.65. The van der Waals surface area contributed by atoms with Crippen LogP contribution in [0.3, 0.4) is 0 Å². The molecule has 2 unspecified atom stereocenters. The maximum atomic E-state index is 13.7. The number of nitrogens with one attached hydrogen (secondary N) is 1. The molecule has 2 bridgehead atoms. The molecule has 4 rings (SSSR count). The predicted octanol–water partition coefficient (Wildman–Crippen LogP) is 4.35. The van der Waals surface area contributed by atoms with E-state index in [-0.39, 0.29) is 33.0 Å². The molecule has 10 heteroatoms. The van der Waals surface area contributed by atoms with Crippen LogP contribution in [0.5, 0.6) is 0 Å². The van der Waals surface area contributed by atoms with E-state index in [1.165, 1.54) is 24.3 Å². The lowest BCUT2D eigenvalue weighted by molar-refractivity contribution is -0.119. The van der Waals surface area contributed by atoms with E-state index in [4.69, 9.17) is 4.74 Å². The zero-order chi connectivity index (χ0) is 25.6. The van der Waals surface area contributed by atoms with Crippen LogP contribution < -0.4 is 5.32 Å². The van der Waals surface area contributed by atoms with Gasteiger partial charge in [-0.3, -0.25) is 4.79 Å². The Balaban J connectivity index is 1.44. The summed E-state index contributed by atoms with van der Waals surface area (Å²) in [6, 6.07) is 7.96. The highest BCUT2D eigenvalue weighted by molar-refractivity contribution is 7.89. The Bertz CT molecular complexity index is 1280. The van der Waals surface area contributed by atoms with Crippen LogP contribution in [0, 0.1) is 22.5 Å². The summed E-state index contributed by atoms with van der Waals surface area (Å²) >= 11 is 0. The van der Waals surface area contributed by atoms with Crippen molar-refractivity contribution in [2.45, 2.75) is 51.0 Å². The van der Waals surface area contributed by atoms with Crippen LogP contribution in [0.1, 0.15) is 50.4 Å². The minimum Gasteiger partial charge on any atom is -0.452 e. The summed E-state index contributed by atoms with van der Waals surface area (Å²) in [5.41, 5.74) is -0.469. The smallest absolute Gasteiger partial charge is 0.338 e. The largest absolute Gasteiger partial charge is 0.452 e. The molecule has 2 fully saturated rings. The number of hydrogen-bond donors (Lipinski definition) is 1. The number of anilines is 1. The van der Waals surface area contributed by atoms with Crippen molar-refractivity contribution in [3.05, 3.63) is 59.7 Å². The molecule has 1 aliphatic heterocycles. The maximum absolute atomic E-state index is 13.7. The number of halogens is 2. The number of nitrogens with zero attached hydrogens (tertiary/aromatic N) is 1. The van der Waals surface area contributed by atoms with Crippen molar-refractivity contribution in [1.29, 1.82) is 0 Å². The molecule has 1 saturated heterocycles. The molecule has 1 aliphatic carbocycles. The van der Waals surface area contributed by atoms with Gasteiger partial charge in [-0.1, -0.05) is 26.8 Å². The highest BCUT2D eigenvalue weighted by Crippen LogP contribution is 2.53. The average Bonchev–Trinajstić information content (AvgIpc) is 3.04. The molecule has 2 aliphatic rings. The molecule has 1 N–H and O–H groups in total. The summed E-state index contributed by atoms with van der Waals surface area (Å²) in [5, 5.41) is 2.13. The molecular formula is C25H28F2N2O5S. The molecule has 2 aromatic carbocycles. The van der Waals surface area contributed by atoms with Gasteiger partial charge in [0, 0.05) is 18.7 Å². The van der Waals surface area contributed by atoms with Gasteiger partial charge in [0.1, 0.15) is 11.6 Å². The molecule has 1 saturated carbocycles. The van der Waals surface area contributed by atoms with E-state index in [0.717, 1.165) is 37.5 Å². The Hall–Kier alpha value is -2.85. The van der Waals surface area contributed by atoms with Crippen LogP contribution in [0.25, 0.3) is 0 Å². The van der Waals surface area contributed by atoms with Gasteiger partial charge in [0.05, 0.1) is 16.1 Å². The topological polar surface area (TPSA) is 92.8 Å². The summed E-state index contributed by atoms with van der Waals surface area (Å²) in [6.45, 7) is 6.10. The van der Waals surface area contributed by atoms with Crippen molar-refractivity contribution in [2.75, 3.05) is 18.5 Å². The van der Waals surface area contributed by atoms with Crippen molar-refractivity contribution >= 4 is 27.6 Å². The Labute approximate surface area is 203 Å². The predicted molar refractivity (Wildman–Crippen MR) is 125 cm³/mol. The van der Waals surface area contributed by atoms with E-state index in [9.17, 15) is 26.8 Å². The Morgan fingerprint density at radius 2 is 1.86 bits per heavy atom. The number of carbonyl (C=O) groups is 2. The van der Waals surface area contributed by atoms with Crippen molar-refractivity contribution in [3.63, 3.8) is 0 Å². The van der Waals surface area contributed by atoms with Crippen molar-refractivity contribution < 1.29 is 31.5 Å². The summed E-state index contributed by atoms with van der Waals surface area (Å²) in [7, 11) is -3.85. The number of amides is 1. The van der Waals surface area contributed by atoms with Gasteiger partial charge in [-0.25, -0.2) is 22.0 Å². The van der Waals surface area contributed by atoms with Crippen LogP contribution >= 0.6 is 0 Å². The first-order valence-corrected chi connectivity index (χ1v) is 12.8. The molecule has 2 aromatic rings. The number of fused-ring (bicyclic) bond motifs is 2. The zero-order valence-corrected chi connectivity index (χ0v) is 20.6. The lowest BCUT2D eigenvalue weighted by Crippen LogP contribution is -2.37. The average molecular weight is 507 g/mol. The second-order valence-corrected chi connectivity index (χ2v) is 12.4. The molecule has 0 aromatic heterocycles. The molecule has 1 heterocycles. The second kappa shape index (κ2) is 8.98. The monoisotopic (exact) mass is 506 g/mol. The number of ether oxygens (including phenoxy) is 1. The Morgan fingerprint density at radius 3 is 2.60 bits per heavy atom. The van der Waals surface area contributed by atoms with E-state index in [2.05, 4.69) is 26.1 Å². The summed E-state index contributed by atoms with van der Waals surface area (Å²) in [5.74, 6) is -3.36. The van der Waals surface area contributed by atoms with Gasteiger partial charge >= 0.3 is 5.97 Å². The molecule has 1 amide bonds. The van der Waals surface area contributed by atoms with Gasteiger partial charge < -0.3 is 10.1 Å². The van der Waals surface area contributed by atoms with Gasteiger partial charge in [0.15, 0.2) is 6.61 Å². The quantitative estimate of drug-likeness (QED) is 0.588. The van der Waals surface area contributed by atoms with Crippen LogP contribution in [0.4, 0.5) is 14.5 Å². The van der Waals surface area contributed by atoms with Crippen LogP contribution in [-0.2, 0) is 19.6 Å². The summed E-state index contributed by atoms with van der Waals surface area (Å²) < 4.78 is 60.4. The Kier molecular flexibility index (Phi) is 6.48. The first-order valence-electron chi connectivity index (χ1n) is 11.3. The molecule has 7 nitrogen and oxygen atoms in total. The second-order valence-electron chi connectivity index (χ2n) is 10.5. The third-order valence-electron chi connectivity index (χ3n) is 6.58. The van der Waals surface area contributed by atoms with Gasteiger partial charge in [-0.05, 0) is 60.4 Å². The van der Waals surface area contributed by atoms with Gasteiger partial charge in [-0.15, -0.1) is 0 Å². The number of hydrogen-bond acceptors (Lipinski definition) is 5. The van der Waals surface area contributed by atoms with E-state index in [1.807, 2.05) is 0 Å². The van der Waals surface area contributed by atoms with E-state index in [0.29, 0.717) is 6.54 Å². The first-order chi connectivity index (χ1) is 16.3. The molecule has 0 radical (unpaired) electrons. The zero-order valence-electron chi connectivity index (χ0n) is 19.8. The normalized spacial score (nSPS) is 23.6. The van der Waals surface area contributed by atoms with Crippen LogP contribution in [-0.4, -0.2) is 43.8 Å². The van der Waals surface area contributed by atoms with Gasteiger partial charge in [0.2, 0.25) is 10.0 Å². The number of benzene rings is 2. The van der Waals surface area contributed by atoms with Crippen molar-refractivity contribution in [3.8, 4) is 0 Å². The number of rotatable bonds is 6. The van der Waals surface area contributed by atoms with Crippen molar-refractivity contribution in [1.82, 2.24) is 4.31 Å². The fourth-order valence-corrected chi connectivity index (χ4v) is 7.42. The summed E-state index contributed by atoms with van der Waals surface area (Å²) in [6.07, 6.45) is 2.51. The number of carbonyl (C=O) groups excluding carboxylic acids is 2. The fourth-order valence-electron chi connectivity index (χ4n) is 5.60. The minimum absolute atomic E-state index is 0.0211. The van der Waals surface area contributed by atoms with E-state index in [1.54, 1.807) is 4.31 Å². The van der Waals surface area contributed by atoms with Crippen LogP contribution in [0.15, 0.2) is 47.4 Å². The SMILES string of the molecule is CC1(C)CC2CC(C)(CN2S(=O)(=O)c2cccc(C(=O)OCC(=O)Nc3cc(F)ccc3F)c2)C1. The van der Waals surface area contributed by atoms with E-state index >= 15 is 0 Å². The van der Waals surface area contributed by atoms with E-state index < -0.39 is 40.1 Å². The molecule has 2 atom stereocenters. The van der Waals surface area contributed by atoms with Crippen LogP contribution in [0.2, 0.25) is 0 Å². The highest BCUT2D eigenvalue weighted by Gasteiger charge is 2.53. The Morgan fingerprint density at radius 1 is 1.11 bits per heavy atom. The molecule has 0 spiro atoms. The van der Waals surface area contributed by atoms with Gasteiger partial charge in [0.25, 0.3) is 5.91 Å². The molecular weight excluding hydrogens is 478 g/mol. The molecule has 188 valence electrons. The maximum Gasteiger partial charge on any atom is 0.338 e. The minimum atomic E-state index is -3.85. The fraction of sp³-hybridized carbons (Fsp3) is 0.440. The lowest BCUT2D eigenvalue weighted by Gasteiger charge is -2.39. The van der Waals surface area contributed by atoms with Gasteiger partial charge in [-0.2, -0.15) is 4.31 Å². The number of sulfonamides is 1. The first kappa shape index (κ1) is 25.2. The standard InChI is InChI=1S/C25H28F2N2O5S/c1-24(2)11-18-12-25(3,14-24)15-29(18)35(32,33)19-6-4-5-16(9-19)23(31)34-13-22(30)28-21-10-17(26)7-8-20(21)27/h4-10,18H,11-15H2,1-3H3,(H,28,30). The number of esters is 1.